The minimum absolute atomic E-state index is 0.154. The monoisotopic (exact) mass is 381 g/mol. The van der Waals surface area contributed by atoms with Gasteiger partial charge in [0.2, 0.25) is 16.9 Å². The Morgan fingerprint density at radius 1 is 1.28 bits per heavy atom. The summed E-state index contributed by atoms with van der Waals surface area (Å²) in [7, 11) is 0. The molecule has 0 aliphatic heterocycles. The molecule has 2 rings (SSSR count). The molecule has 2 atom stereocenters. The van der Waals surface area contributed by atoms with Crippen molar-refractivity contribution >= 4 is 39.6 Å². The van der Waals surface area contributed by atoms with Gasteiger partial charge in [0.15, 0.2) is 0 Å². The smallest absolute Gasteiger partial charge is 0.232 e. The van der Waals surface area contributed by atoms with Crippen LogP contribution in [0.1, 0.15) is 44.6 Å². The van der Waals surface area contributed by atoms with E-state index in [1.54, 1.807) is 13.1 Å². The lowest BCUT2D eigenvalue weighted by Crippen LogP contribution is -2.48. The summed E-state index contributed by atoms with van der Waals surface area (Å²) in [5.41, 5.74) is -0.742. The molecule has 2 N–H and O–H groups in total. The van der Waals surface area contributed by atoms with Gasteiger partial charge in [-0.05, 0) is 27.2 Å². The third kappa shape index (κ3) is 4.60. The van der Waals surface area contributed by atoms with Crippen LogP contribution in [0, 0.1) is 5.92 Å². The topological polar surface area (TPSA) is 96.9 Å². The second-order valence-electron chi connectivity index (χ2n) is 6.36. The van der Waals surface area contributed by atoms with Crippen molar-refractivity contribution in [2.45, 2.75) is 52.5 Å². The van der Waals surface area contributed by atoms with Gasteiger partial charge < -0.3 is 10.6 Å². The van der Waals surface area contributed by atoms with Gasteiger partial charge in [-0.2, -0.15) is 0 Å². The molecule has 136 valence electrons. The zero-order chi connectivity index (χ0) is 18.6. The Balaban J connectivity index is 1.95. The molecular formula is C16H23N5O2S2. The van der Waals surface area contributed by atoms with Crippen molar-refractivity contribution in [1.82, 2.24) is 20.5 Å². The van der Waals surface area contributed by atoms with E-state index in [0.29, 0.717) is 5.13 Å². The molecule has 0 fully saturated rings. The van der Waals surface area contributed by atoms with Crippen LogP contribution in [0.5, 0.6) is 0 Å². The van der Waals surface area contributed by atoms with Crippen molar-refractivity contribution in [3.63, 3.8) is 0 Å². The first-order chi connectivity index (χ1) is 11.8. The Morgan fingerprint density at radius 3 is 2.56 bits per heavy atom. The molecule has 0 aromatic carbocycles. The average molecular weight is 382 g/mol. The lowest BCUT2D eigenvalue weighted by atomic mass is 9.92. The normalized spacial score (nSPS) is 14.0. The number of rotatable bonds is 7. The van der Waals surface area contributed by atoms with Gasteiger partial charge in [-0.25, -0.2) is 4.98 Å². The van der Waals surface area contributed by atoms with Gasteiger partial charge in [-0.3, -0.25) is 9.59 Å². The molecule has 2 amide bonds. The number of aromatic nitrogens is 3. The molecular weight excluding hydrogens is 358 g/mol. The van der Waals surface area contributed by atoms with Crippen molar-refractivity contribution in [2.75, 3.05) is 5.32 Å². The number of hydrogen-bond donors (Lipinski definition) is 2. The zero-order valence-corrected chi connectivity index (χ0v) is 16.6. The summed E-state index contributed by atoms with van der Waals surface area (Å²) in [6.45, 7) is 9.23. The molecule has 2 aromatic heterocycles. The fourth-order valence-corrected chi connectivity index (χ4v) is 3.48. The minimum atomic E-state index is -0.742. The molecule has 0 aliphatic rings. The number of anilines is 1. The highest BCUT2D eigenvalue weighted by Gasteiger charge is 2.34. The van der Waals surface area contributed by atoms with E-state index >= 15 is 0 Å². The standard InChI is InChI=1S/C16H23N5O2S2/c1-6-11-20-21-15(25-11)19-12(22)9(2)10(3)18-13(23)16(4,5)14-17-7-8-24-14/h7-10H,6H2,1-5H3,(H,18,23)(H,19,21,22). The molecule has 2 aromatic rings. The molecule has 0 bridgehead atoms. The molecule has 0 aliphatic carbocycles. The quantitative estimate of drug-likeness (QED) is 0.768. The van der Waals surface area contributed by atoms with Crippen LogP contribution in [0.25, 0.3) is 0 Å². The Hall–Kier alpha value is -1.87. The lowest BCUT2D eigenvalue weighted by molar-refractivity contribution is -0.127. The number of nitrogens with zero attached hydrogens (tertiary/aromatic N) is 3. The van der Waals surface area contributed by atoms with Gasteiger partial charge >= 0.3 is 0 Å². The molecule has 2 heterocycles. The summed E-state index contributed by atoms with van der Waals surface area (Å²) in [5.74, 6) is -0.762. The van der Waals surface area contributed by atoms with Gasteiger partial charge in [0, 0.05) is 17.6 Å². The minimum Gasteiger partial charge on any atom is -0.352 e. The fourth-order valence-electron chi connectivity index (χ4n) is 2.03. The third-order valence-electron chi connectivity index (χ3n) is 4.06. The van der Waals surface area contributed by atoms with Gasteiger partial charge in [0.1, 0.15) is 10.0 Å². The number of nitrogens with one attached hydrogen (secondary N) is 2. The summed E-state index contributed by atoms with van der Waals surface area (Å²) in [6.07, 6.45) is 2.46. The maximum absolute atomic E-state index is 12.6. The summed E-state index contributed by atoms with van der Waals surface area (Å²) < 4.78 is 0. The predicted octanol–water partition coefficient (Wildman–Crippen LogP) is 2.61. The Bertz CT molecular complexity index is 727. The molecule has 9 heteroatoms. The number of amides is 2. The molecule has 0 radical (unpaired) electrons. The second kappa shape index (κ2) is 8.01. The molecule has 0 saturated carbocycles. The summed E-state index contributed by atoms with van der Waals surface area (Å²) >= 11 is 2.80. The molecule has 25 heavy (non-hydrogen) atoms. The average Bonchev–Trinajstić information content (AvgIpc) is 3.25. The molecule has 7 nitrogen and oxygen atoms in total. The number of thiazole rings is 1. The van der Waals surface area contributed by atoms with Crippen LogP contribution < -0.4 is 10.6 Å². The largest absolute Gasteiger partial charge is 0.352 e. The zero-order valence-electron chi connectivity index (χ0n) is 15.0. The van der Waals surface area contributed by atoms with E-state index in [4.69, 9.17) is 0 Å². The van der Waals surface area contributed by atoms with Crippen LogP contribution in [-0.2, 0) is 21.4 Å². The van der Waals surface area contributed by atoms with Crippen LogP contribution in [0.4, 0.5) is 5.13 Å². The van der Waals surface area contributed by atoms with Crippen molar-refractivity contribution in [3.8, 4) is 0 Å². The van der Waals surface area contributed by atoms with E-state index in [1.807, 2.05) is 33.1 Å². The first-order valence-corrected chi connectivity index (χ1v) is 9.79. The van der Waals surface area contributed by atoms with Crippen molar-refractivity contribution < 1.29 is 9.59 Å². The van der Waals surface area contributed by atoms with Gasteiger partial charge in [-0.15, -0.1) is 21.5 Å². The predicted molar refractivity (Wildman–Crippen MR) is 99.8 cm³/mol. The van der Waals surface area contributed by atoms with Crippen LogP contribution in [0.3, 0.4) is 0 Å². The number of carbonyl (C=O) groups excluding carboxylic acids is 2. The van der Waals surface area contributed by atoms with E-state index in [9.17, 15) is 9.59 Å². The van der Waals surface area contributed by atoms with Gasteiger partial charge in [0.25, 0.3) is 0 Å². The van der Waals surface area contributed by atoms with E-state index in [1.165, 1.54) is 22.7 Å². The highest BCUT2D eigenvalue weighted by atomic mass is 32.1. The molecule has 0 saturated heterocycles. The molecule has 2 unspecified atom stereocenters. The molecule has 0 spiro atoms. The summed E-state index contributed by atoms with van der Waals surface area (Å²) in [5, 5.41) is 17.6. The van der Waals surface area contributed by atoms with Crippen molar-refractivity contribution in [3.05, 3.63) is 21.6 Å². The fraction of sp³-hybridized carbons (Fsp3) is 0.562. The maximum Gasteiger partial charge on any atom is 0.232 e. The van der Waals surface area contributed by atoms with Crippen LogP contribution in [-0.4, -0.2) is 33.0 Å². The van der Waals surface area contributed by atoms with Crippen molar-refractivity contribution in [1.29, 1.82) is 0 Å². The van der Waals surface area contributed by atoms with E-state index in [0.717, 1.165) is 16.4 Å². The highest BCUT2D eigenvalue weighted by Crippen LogP contribution is 2.25. The second-order valence-corrected chi connectivity index (χ2v) is 8.31. The number of carbonyl (C=O) groups is 2. The first kappa shape index (κ1) is 19.5. The number of aryl methyl sites for hydroxylation is 1. The van der Waals surface area contributed by atoms with Crippen LogP contribution in [0.2, 0.25) is 0 Å². The number of hydrogen-bond acceptors (Lipinski definition) is 7. The Labute approximate surface area is 155 Å². The summed E-state index contributed by atoms with van der Waals surface area (Å²) in [4.78, 5) is 29.2. The lowest BCUT2D eigenvalue weighted by Gasteiger charge is -2.26. The Kier molecular flexibility index (Phi) is 6.23. The summed E-state index contributed by atoms with van der Waals surface area (Å²) in [6, 6.07) is -0.328. The SMILES string of the molecule is CCc1nnc(NC(=O)C(C)C(C)NC(=O)C(C)(C)c2nccs2)s1. The Morgan fingerprint density at radius 2 is 2.00 bits per heavy atom. The van der Waals surface area contributed by atoms with E-state index in [-0.39, 0.29) is 17.9 Å². The van der Waals surface area contributed by atoms with E-state index < -0.39 is 11.3 Å². The van der Waals surface area contributed by atoms with Crippen LogP contribution in [0.15, 0.2) is 11.6 Å². The van der Waals surface area contributed by atoms with Crippen LogP contribution >= 0.6 is 22.7 Å². The van der Waals surface area contributed by atoms with Crippen molar-refractivity contribution in [2.24, 2.45) is 5.92 Å². The maximum atomic E-state index is 12.6. The highest BCUT2D eigenvalue weighted by molar-refractivity contribution is 7.15. The first-order valence-electron chi connectivity index (χ1n) is 8.09. The third-order valence-corrected chi connectivity index (χ3v) is 6.14. The van der Waals surface area contributed by atoms with Gasteiger partial charge in [0.05, 0.1) is 11.3 Å². The van der Waals surface area contributed by atoms with E-state index in [2.05, 4.69) is 25.8 Å². The van der Waals surface area contributed by atoms with Gasteiger partial charge in [-0.1, -0.05) is 25.2 Å².